The molecule has 5 nitrogen and oxygen atoms in total. The van der Waals surface area contributed by atoms with E-state index < -0.39 is 15.9 Å². The third-order valence-electron chi connectivity index (χ3n) is 3.65. The molecular formula is C16H16N2O3S. The van der Waals surface area contributed by atoms with Crippen LogP contribution in [0, 0.1) is 13.8 Å². The number of carbonyl (C=O) groups is 1. The maximum absolute atomic E-state index is 12.4. The van der Waals surface area contributed by atoms with Gasteiger partial charge in [0.2, 0.25) is 0 Å². The summed E-state index contributed by atoms with van der Waals surface area (Å²) in [4.78, 5) is 16.8. The molecule has 1 unspecified atom stereocenters. The van der Waals surface area contributed by atoms with Gasteiger partial charge < -0.3 is 5.32 Å². The molecule has 1 aromatic heterocycles. The van der Waals surface area contributed by atoms with E-state index in [0.29, 0.717) is 11.3 Å². The lowest BCUT2D eigenvalue weighted by atomic mass is 10.1. The van der Waals surface area contributed by atoms with Crippen LogP contribution in [0.1, 0.15) is 21.6 Å². The van der Waals surface area contributed by atoms with Crippen LogP contribution in [0.5, 0.6) is 0 Å². The number of aryl methyl sites for hydroxylation is 2. The van der Waals surface area contributed by atoms with Gasteiger partial charge in [-0.15, -0.1) is 0 Å². The van der Waals surface area contributed by atoms with Gasteiger partial charge in [-0.3, -0.25) is 9.78 Å². The van der Waals surface area contributed by atoms with E-state index in [2.05, 4.69) is 10.3 Å². The molecule has 1 amide bonds. The van der Waals surface area contributed by atoms with Gasteiger partial charge in [0.15, 0.2) is 9.84 Å². The van der Waals surface area contributed by atoms with E-state index in [-0.39, 0.29) is 11.7 Å². The SMILES string of the molecule is Cc1ccc2nc(C)c(C(=O)NC3C=CS(=O)(=O)C3)cc2c1. The molecule has 2 heterocycles. The van der Waals surface area contributed by atoms with Crippen molar-refractivity contribution in [3.8, 4) is 0 Å². The summed E-state index contributed by atoms with van der Waals surface area (Å²) in [6, 6.07) is 7.19. The van der Waals surface area contributed by atoms with Crippen LogP contribution in [0.3, 0.4) is 0 Å². The van der Waals surface area contributed by atoms with E-state index in [0.717, 1.165) is 21.9 Å². The Morgan fingerprint density at radius 3 is 2.73 bits per heavy atom. The highest BCUT2D eigenvalue weighted by molar-refractivity contribution is 7.94. The molecule has 3 rings (SSSR count). The second-order valence-corrected chi connectivity index (χ2v) is 7.49. The first kappa shape index (κ1) is 14.7. The minimum atomic E-state index is -3.18. The molecule has 0 saturated carbocycles. The number of hydrogen-bond donors (Lipinski definition) is 1. The standard InChI is InChI=1S/C16H16N2O3S/c1-10-3-4-15-12(7-10)8-14(11(2)17-15)16(19)18-13-5-6-22(20,21)9-13/h3-8,13H,9H2,1-2H3,(H,18,19). The Bertz CT molecular complexity index is 901. The topological polar surface area (TPSA) is 76.1 Å². The molecule has 0 fully saturated rings. The number of fused-ring (bicyclic) bond motifs is 1. The minimum Gasteiger partial charge on any atom is -0.345 e. The van der Waals surface area contributed by atoms with Crippen molar-refractivity contribution in [2.24, 2.45) is 0 Å². The molecule has 0 radical (unpaired) electrons. The fraction of sp³-hybridized carbons (Fsp3) is 0.250. The van der Waals surface area contributed by atoms with Gasteiger partial charge in [-0.05, 0) is 38.1 Å². The average molecular weight is 316 g/mol. The summed E-state index contributed by atoms with van der Waals surface area (Å²) in [6.45, 7) is 3.75. The van der Waals surface area contributed by atoms with Gasteiger partial charge in [-0.2, -0.15) is 0 Å². The first-order valence-corrected chi connectivity index (χ1v) is 8.65. The molecular weight excluding hydrogens is 300 g/mol. The fourth-order valence-corrected chi connectivity index (χ4v) is 3.77. The van der Waals surface area contributed by atoms with Crippen LogP contribution in [-0.4, -0.2) is 31.1 Å². The first-order chi connectivity index (χ1) is 10.3. The number of nitrogens with zero attached hydrogens (tertiary/aromatic N) is 1. The number of rotatable bonds is 2. The zero-order valence-corrected chi connectivity index (χ0v) is 13.1. The molecule has 1 aliphatic heterocycles. The lowest BCUT2D eigenvalue weighted by molar-refractivity contribution is 0.0947. The van der Waals surface area contributed by atoms with Crippen molar-refractivity contribution in [1.29, 1.82) is 0 Å². The van der Waals surface area contributed by atoms with E-state index in [1.54, 1.807) is 13.0 Å². The number of hydrogen-bond acceptors (Lipinski definition) is 4. The van der Waals surface area contributed by atoms with Crippen molar-refractivity contribution in [3.63, 3.8) is 0 Å². The smallest absolute Gasteiger partial charge is 0.253 e. The summed E-state index contributed by atoms with van der Waals surface area (Å²) in [6.07, 6.45) is 1.50. The highest BCUT2D eigenvalue weighted by Crippen LogP contribution is 2.18. The molecule has 22 heavy (non-hydrogen) atoms. The Kier molecular flexibility index (Phi) is 3.48. The van der Waals surface area contributed by atoms with Gasteiger partial charge >= 0.3 is 0 Å². The molecule has 114 valence electrons. The van der Waals surface area contributed by atoms with Crippen molar-refractivity contribution in [2.75, 3.05) is 5.75 Å². The quantitative estimate of drug-likeness (QED) is 0.918. The molecule has 6 heteroatoms. The van der Waals surface area contributed by atoms with Gasteiger partial charge in [-0.25, -0.2) is 8.42 Å². The van der Waals surface area contributed by atoms with Crippen molar-refractivity contribution in [2.45, 2.75) is 19.9 Å². The summed E-state index contributed by atoms with van der Waals surface area (Å²) < 4.78 is 22.8. The van der Waals surface area contributed by atoms with Crippen molar-refractivity contribution in [3.05, 3.63) is 52.6 Å². The number of nitrogens with one attached hydrogen (secondary N) is 1. The second kappa shape index (κ2) is 5.21. The van der Waals surface area contributed by atoms with Crippen LogP contribution >= 0.6 is 0 Å². The van der Waals surface area contributed by atoms with Gasteiger partial charge in [0.05, 0.1) is 28.6 Å². The molecule has 1 atom stereocenters. The summed E-state index contributed by atoms with van der Waals surface area (Å²) in [5.74, 6) is -0.391. The molecule has 1 N–H and O–H groups in total. The molecule has 0 bridgehead atoms. The van der Waals surface area contributed by atoms with Crippen molar-refractivity contribution < 1.29 is 13.2 Å². The van der Waals surface area contributed by atoms with E-state index in [4.69, 9.17) is 0 Å². The Labute approximate surface area is 129 Å². The molecule has 1 aromatic carbocycles. The first-order valence-electron chi connectivity index (χ1n) is 6.94. The second-order valence-electron chi connectivity index (χ2n) is 5.56. The summed E-state index contributed by atoms with van der Waals surface area (Å²) in [7, 11) is -3.18. The summed E-state index contributed by atoms with van der Waals surface area (Å²) in [5.41, 5.74) is 3.02. The molecule has 1 aliphatic rings. The maximum Gasteiger partial charge on any atom is 0.253 e. The Balaban J connectivity index is 1.90. The normalized spacial score (nSPS) is 19.5. The number of carbonyl (C=O) groups excluding carboxylic acids is 1. The molecule has 0 aliphatic carbocycles. The number of pyridine rings is 1. The van der Waals surface area contributed by atoms with E-state index >= 15 is 0 Å². The minimum absolute atomic E-state index is 0.0854. The van der Waals surface area contributed by atoms with Crippen LogP contribution in [0.4, 0.5) is 0 Å². The fourth-order valence-electron chi connectivity index (χ4n) is 2.53. The third-order valence-corrected chi connectivity index (χ3v) is 5.05. The molecule has 0 spiro atoms. The molecule has 2 aromatic rings. The van der Waals surface area contributed by atoms with Crippen LogP contribution in [0.2, 0.25) is 0 Å². The van der Waals surface area contributed by atoms with Gasteiger partial charge in [0.25, 0.3) is 5.91 Å². The van der Waals surface area contributed by atoms with Gasteiger partial charge in [0, 0.05) is 10.8 Å². The zero-order chi connectivity index (χ0) is 15.9. The van der Waals surface area contributed by atoms with Gasteiger partial charge in [0.1, 0.15) is 0 Å². The van der Waals surface area contributed by atoms with Crippen LogP contribution in [0.25, 0.3) is 10.9 Å². The van der Waals surface area contributed by atoms with Crippen LogP contribution < -0.4 is 5.32 Å². The van der Waals surface area contributed by atoms with E-state index in [1.807, 2.05) is 25.1 Å². The average Bonchev–Trinajstić information content (AvgIpc) is 2.77. The van der Waals surface area contributed by atoms with Gasteiger partial charge in [-0.1, -0.05) is 11.6 Å². The monoisotopic (exact) mass is 316 g/mol. The number of aromatic nitrogens is 1. The largest absolute Gasteiger partial charge is 0.345 e. The number of amides is 1. The predicted molar refractivity (Wildman–Crippen MR) is 85.4 cm³/mol. The highest BCUT2D eigenvalue weighted by Gasteiger charge is 2.24. The van der Waals surface area contributed by atoms with E-state index in [9.17, 15) is 13.2 Å². The van der Waals surface area contributed by atoms with E-state index in [1.165, 1.54) is 6.08 Å². The van der Waals surface area contributed by atoms with Crippen molar-refractivity contribution >= 4 is 26.6 Å². The van der Waals surface area contributed by atoms with Crippen molar-refractivity contribution in [1.82, 2.24) is 10.3 Å². The maximum atomic E-state index is 12.4. The lowest BCUT2D eigenvalue weighted by Gasteiger charge is -2.12. The Morgan fingerprint density at radius 2 is 2.05 bits per heavy atom. The van der Waals surface area contributed by atoms with Crippen LogP contribution in [-0.2, 0) is 9.84 Å². The molecule has 0 saturated heterocycles. The Morgan fingerprint density at radius 1 is 1.27 bits per heavy atom. The highest BCUT2D eigenvalue weighted by atomic mass is 32.2. The number of benzene rings is 1. The lowest BCUT2D eigenvalue weighted by Crippen LogP contribution is -2.35. The zero-order valence-electron chi connectivity index (χ0n) is 12.3. The predicted octanol–water partition coefficient (Wildman–Crippen LogP) is 1.89. The van der Waals surface area contributed by atoms with Crippen LogP contribution in [0.15, 0.2) is 35.7 Å². The Hall–Kier alpha value is -2.21. The summed E-state index contributed by atoms with van der Waals surface area (Å²) >= 11 is 0. The summed E-state index contributed by atoms with van der Waals surface area (Å²) in [5, 5.41) is 4.77. The number of sulfone groups is 1. The third kappa shape index (κ3) is 2.87.